The Bertz CT molecular complexity index is 992. The molecule has 5 nitrogen and oxygen atoms in total. The number of aromatic carboxylic acids is 1. The first-order valence-corrected chi connectivity index (χ1v) is 6.71. The second-order valence-corrected chi connectivity index (χ2v) is 5.03. The van der Waals surface area contributed by atoms with Gasteiger partial charge in [-0.25, -0.2) is 9.78 Å². The van der Waals surface area contributed by atoms with Crippen LogP contribution < -0.4 is 5.56 Å². The molecule has 1 aromatic heterocycles. The van der Waals surface area contributed by atoms with Crippen LogP contribution in [-0.4, -0.2) is 21.0 Å². The van der Waals surface area contributed by atoms with Crippen LogP contribution in [0.4, 0.5) is 13.2 Å². The van der Waals surface area contributed by atoms with Crippen molar-refractivity contribution in [2.75, 3.05) is 0 Å². The lowest BCUT2D eigenvalue weighted by atomic mass is 10.1. The summed E-state index contributed by atoms with van der Waals surface area (Å²) in [4.78, 5) is 29.7. The predicted molar refractivity (Wildman–Crippen MR) is 79.8 cm³/mol. The number of aromatic amines is 1. The summed E-state index contributed by atoms with van der Waals surface area (Å²) < 4.78 is 37.8. The van der Waals surface area contributed by atoms with Crippen molar-refractivity contribution in [3.05, 3.63) is 63.9 Å². The number of fused-ring (bicyclic) bond motifs is 1. The Labute approximate surface area is 132 Å². The molecule has 0 radical (unpaired) electrons. The molecular weight excluding hydrogens is 325 g/mol. The SMILES string of the molecule is O=C(O)c1ccc2c(=O)[nH]c(-c3ccc(C(F)(F)F)cc3)nc2c1. The van der Waals surface area contributed by atoms with Crippen molar-refractivity contribution >= 4 is 16.9 Å². The number of hydrogen-bond donors (Lipinski definition) is 2. The summed E-state index contributed by atoms with van der Waals surface area (Å²) in [5.41, 5.74) is -0.940. The van der Waals surface area contributed by atoms with Gasteiger partial charge in [0.2, 0.25) is 0 Å². The van der Waals surface area contributed by atoms with Gasteiger partial charge in [0.25, 0.3) is 5.56 Å². The Morgan fingerprint density at radius 3 is 2.33 bits per heavy atom. The molecule has 0 aliphatic heterocycles. The van der Waals surface area contributed by atoms with Gasteiger partial charge < -0.3 is 10.1 Å². The molecule has 0 saturated carbocycles. The van der Waals surface area contributed by atoms with Gasteiger partial charge in [-0.15, -0.1) is 0 Å². The molecule has 1 heterocycles. The van der Waals surface area contributed by atoms with Crippen molar-refractivity contribution in [3.8, 4) is 11.4 Å². The standard InChI is InChI=1S/C16H9F3N2O3/c17-16(18,19)10-4-1-8(2-5-10)13-20-12-7-9(15(23)24)3-6-11(12)14(22)21-13/h1-7H,(H,23,24)(H,20,21,22). The molecule has 0 aliphatic rings. The Balaban J connectivity index is 2.12. The molecule has 0 spiro atoms. The maximum Gasteiger partial charge on any atom is 0.416 e. The molecule has 0 fully saturated rings. The molecule has 0 atom stereocenters. The lowest BCUT2D eigenvalue weighted by Crippen LogP contribution is -2.10. The van der Waals surface area contributed by atoms with E-state index in [0.717, 1.165) is 12.1 Å². The van der Waals surface area contributed by atoms with Crippen molar-refractivity contribution in [1.82, 2.24) is 9.97 Å². The Morgan fingerprint density at radius 1 is 1.08 bits per heavy atom. The van der Waals surface area contributed by atoms with E-state index in [1.165, 1.54) is 30.3 Å². The predicted octanol–water partition coefficient (Wildman–Crippen LogP) is 3.31. The third-order valence-electron chi connectivity index (χ3n) is 3.44. The van der Waals surface area contributed by atoms with Crippen LogP contribution in [0.15, 0.2) is 47.3 Å². The fourth-order valence-electron chi connectivity index (χ4n) is 2.23. The quantitative estimate of drug-likeness (QED) is 0.753. The van der Waals surface area contributed by atoms with Crippen molar-refractivity contribution in [1.29, 1.82) is 0 Å². The summed E-state index contributed by atoms with van der Waals surface area (Å²) >= 11 is 0. The van der Waals surface area contributed by atoms with E-state index in [0.29, 0.717) is 0 Å². The normalized spacial score (nSPS) is 11.6. The van der Waals surface area contributed by atoms with E-state index in [1.807, 2.05) is 0 Å². The van der Waals surface area contributed by atoms with Crippen LogP contribution in [-0.2, 0) is 6.18 Å². The van der Waals surface area contributed by atoms with Gasteiger partial charge in [-0.1, -0.05) is 12.1 Å². The van der Waals surface area contributed by atoms with Gasteiger partial charge in [0.15, 0.2) is 0 Å². The summed E-state index contributed by atoms with van der Waals surface area (Å²) in [5, 5.41) is 9.18. The van der Waals surface area contributed by atoms with Crippen LogP contribution in [0.3, 0.4) is 0 Å². The maximum atomic E-state index is 12.6. The summed E-state index contributed by atoms with van der Waals surface area (Å²) in [6, 6.07) is 7.99. The number of carboxylic acid groups (broad SMARTS) is 1. The minimum atomic E-state index is -4.46. The summed E-state index contributed by atoms with van der Waals surface area (Å²) in [5.74, 6) is -1.11. The Morgan fingerprint density at radius 2 is 1.75 bits per heavy atom. The zero-order valence-electron chi connectivity index (χ0n) is 11.9. The van der Waals surface area contributed by atoms with E-state index in [4.69, 9.17) is 5.11 Å². The highest BCUT2D eigenvalue weighted by molar-refractivity contribution is 5.93. The van der Waals surface area contributed by atoms with Crippen LogP contribution in [0.5, 0.6) is 0 Å². The Hall–Kier alpha value is -3.16. The first-order valence-electron chi connectivity index (χ1n) is 6.71. The zero-order chi connectivity index (χ0) is 17.5. The molecule has 122 valence electrons. The number of benzene rings is 2. The van der Waals surface area contributed by atoms with Crippen molar-refractivity contribution < 1.29 is 23.1 Å². The van der Waals surface area contributed by atoms with E-state index in [1.54, 1.807) is 0 Å². The summed E-state index contributed by atoms with van der Waals surface area (Å²) in [6.45, 7) is 0. The first kappa shape index (κ1) is 15.7. The highest BCUT2D eigenvalue weighted by atomic mass is 19.4. The molecule has 0 unspecified atom stereocenters. The van der Waals surface area contributed by atoms with Crippen LogP contribution in [0, 0.1) is 0 Å². The lowest BCUT2D eigenvalue weighted by molar-refractivity contribution is -0.137. The fraction of sp³-hybridized carbons (Fsp3) is 0.0625. The number of nitrogens with one attached hydrogen (secondary N) is 1. The second-order valence-electron chi connectivity index (χ2n) is 5.03. The fourth-order valence-corrected chi connectivity index (χ4v) is 2.23. The van der Waals surface area contributed by atoms with Gasteiger partial charge in [-0.05, 0) is 30.3 Å². The first-order chi connectivity index (χ1) is 11.3. The van der Waals surface area contributed by atoms with Gasteiger partial charge in [0, 0.05) is 5.56 Å². The molecule has 0 amide bonds. The average Bonchev–Trinajstić information content (AvgIpc) is 2.53. The number of nitrogens with zero attached hydrogens (tertiary/aromatic N) is 1. The zero-order valence-corrected chi connectivity index (χ0v) is 11.9. The topological polar surface area (TPSA) is 83.0 Å². The molecule has 24 heavy (non-hydrogen) atoms. The minimum absolute atomic E-state index is 0.0426. The minimum Gasteiger partial charge on any atom is -0.478 e. The highest BCUT2D eigenvalue weighted by Crippen LogP contribution is 2.30. The van der Waals surface area contributed by atoms with Crippen LogP contribution in [0.2, 0.25) is 0 Å². The number of carboxylic acids is 1. The number of carbonyl (C=O) groups is 1. The molecule has 2 N–H and O–H groups in total. The van der Waals surface area contributed by atoms with Crippen LogP contribution >= 0.6 is 0 Å². The number of rotatable bonds is 2. The van der Waals surface area contributed by atoms with Gasteiger partial charge in [0.05, 0.1) is 22.0 Å². The third-order valence-corrected chi connectivity index (χ3v) is 3.44. The summed E-state index contributed by atoms with van der Waals surface area (Å²) in [7, 11) is 0. The molecule has 8 heteroatoms. The summed E-state index contributed by atoms with van der Waals surface area (Å²) in [6.07, 6.45) is -4.46. The van der Waals surface area contributed by atoms with Crippen LogP contribution in [0.1, 0.15) is 15.9 Å². The molecule has 3 aromatic rings. The molecule has 3 rings (SSSR count). The smallest absolute Gasteiger partial charge is 0.416 e. The van der Waals surface area contributed by atoms with Gasteiger partial charge in [-0.2, -0.15) is 13.2 Å². The van der Waals surface area contributed by atoms with Crippen molar-refractivity contribution in [2.24, 2.45) is 0 Å². The second kappa shape index (κ2) is 5.48. The number of halogens is 3. The third kappa shape index (κ3) is 2.85. The number of alkyl halides is 3. The molecule has 0 saturated heterocycles. The average molecular weight is 334 g/mol. The maximum absolute atomic E-state index is 12.6. The molecule has 0 aliphatic carbocycles. The van der Waals surface area contributed by atoms with Crippen molar-refractivity contribution in [2.45, 2.75) is 6.18 Å². The van der Waals surface area contributed by atoms with E-state index < -0.39 is 23.3 Å². The Kier molecular flexibility index (Phi) is 3.59. The molecule has 0 bridgehead atoms. The molecular formula is C16H9F3N2O3. The number of hydrogen-bond acceptors (Lipinski definition) is 3. The van der Waals surface area contributed by atoms with Gasteiger partial charge >= 0.3 is 12.1 Å². The van der Waals surface area contributed by atoms with Gasteiger partial charge in [0.1, 0.15) is 5.82 Å². The van der Waals surface area contributed by atoms with Crippen LogP contribution in [0.25, 0.3) is 22.3 Å². The van der Waals surface area contributed by atoms with E-state index >= 15 is 0 Å². The van der Waals surface area contributed by atoms with Crippen molar-refractivity contribution in [3.63, 3.8) is 0 Å². The largest absolute Gasteiger partial charge is 0.478 e. The number of H-pyrrole nitrogens is 1. The number of aromatic nitrogens is 2. The van der Waals surface area contributed by atoms with E-state index in [9.17, 15) is 22.8 Å². The lowest BCUT2D eigenvalue weighted by Gasteiger charge is -2.08. The van der Waals surface area contributed by atoms with E-state index in [-0.39, 0.29) is 27.9 Å². The molecule has 2 aromatic carbocycles. The monoisotopic (exact) mass is 334 g/mol. The highest BCUT2D eigenvalue weighted by Gasteiger charge is 2.30. The van der Waals surface area contributed by atoms with Gasteiger partial charge in [-0.3, -0.25) is 4.79 Å². The van der Waals surface area contributed by atoms with E-state index in [2.05, 4.69) is 9.97 Å².